The molecule has 0 aliphatic heterocycles. The minimum atomic E-state index is -0.820. The Kier molecular flexibility index (Phi) is 4.59. The maximum absolute atomic E-state index is 12.9. The molecule has 0 unspecified atom stereocenters. The smallest absolute Gasteiger partial charge is 0.317 e. The molecule has 0 bridgehead atoms. The fourth-order valence-electron chi connectivity index (χ4n) is 3.82. The fourth-order valence-corrected chi connectivity index (χ4v) is 3.82. The first-order valence-corrected chi connectivity index (χ1v) is 9.49. The van der Waals surface area contributed by atoms with Crippen LogP contribution in [0.3, 0.4) is 0 Å². The summed E-state index contributed by atoms with van der Waals surface area (Å²) in [5.41, 5.74) is 2.55. The molecular formula is C19H24N4O4. The van der Waals surface area contributed by atoms with E-state index in [1.165, 1.54) is 0 Å². The summed E-state index contributed by atoms with van der Waals surface area (Å²) < 4.78 is 5.30. The van der Waals surface area contributed by atoms with Gasteiger partial charge in [0, 0.05) is 23.7 Å². The Hall–Kier alpha value is -2.48. The van der Waals surface area contributed by atoms with E-state index < -0.39 is 5.97 Å². The highest BCUT2D eigenvalue weighted by Crippen LogP contribution is 2.40. The summed E-state index contributed by atoms with van der Waals surface area (Å²) in [5, 5.41) is 16.7. The number of carbonyl (C=O) groups is 2. The second-order valence-electron chi connectivity index (χ2n) is 7.57. The van der Waals surface area contributed by atoms with Crippen molar-refractivity contribution in [1.82, 2.24) is 20.4 Å². The molecule has 4 rings (SSSR count). The topological polar surface area (TPSA) is 109 Å². The van der Waals surface area contributed by atoms with Crippen LogP contribution in [0.25, 0.3) is 11.1 Å². The minimum Gasteiger partial charge on any atom is -0.480 e. The van der Waals surface area contributed by atoms with Crippen LogP contribution >= 0.6 is 0 Å². The number of likely N-dealkylation sites (N-methyl/N-ethyl adjacent to an activating group) is 1. The molecule has 8 heteroatoms. The Morgan fingerprint density at radius 1 is 1.37 bits per heavy atom. The lowest BCUT2D eigenvalue weighted by atomic mass is 9.85. The lowest BCUT2D eigenvalue weighted by Crippen LogP contribution is -2.54. The number of fused-ring (bicyclic) bond motifs is 1. The van der Waals surface area contributed by atoms with Crippen molar-refractivity contribution in [2.75, 3.05) is 13.1 Å². The lowest BCUT2D eigenvalue weighted by Gasteiger charge is -2.42. The zero-order valence-corrected chi connectivity index (χ0v) is 15.6. The van der Waals surface area contributed by atoms with Crippen molar-refractivity contribution in [1.29, 1.82) is 0 Å². The van der Waals surface area contributed by atoms with Crippen molar-refractivity contribution >= 4 is 23.0 Å². The summed E-state index contributed by atoms with van der Waals surface area (Å²) in [7, 11) is 0. The van der Waals surface area contributed by atoms with Gasteiger partial charge in [-0.2, -0.15) is 0 Å². The number of aryl methyl sites for hydroxylation is 1. The van der Waals surface area contributed by atoms with Gasteiger partial charge in [-0.15, -0.1) is 0 Å². The molecule has 2 N–H and O–H groups in total. The minimum absolute atomic E-state index is 0.0391. The Bertz CT molecular complexity index is 883. The molecule has 2 saturated carbocycles. The number of aromatic nitrogens is 2. The van der Waals surface area contributed by atoms with E-state index in [4.69, 9.17) is 9.63 Å². The summed E-state index contributed by atoms with van der Waals surface area (Å²) >= 11 is 0. The molecule has 2 aromatic heterocycles. The number of nitrogens with one attached hydrogen (secondary N) is 1. The summed E-state index contributed by atoms with van der Waals surface area (Å²) in [6.07, 6.45) is 3.71. The van der Waals surface area contributed by atoms with Crippen LogP contribution in [-0.2, 0) is 4.79 Å². The molecule has 8 nitrogen and oxygen atoms in total. The van der Waals surface area contributed by atoms with Crippen LogP contribution in [-0.4, -0.2) is 57.2 Å². The number of hydrogen-bond donors (Lipinski definition) is 2. The molecule has 2 aliphatic rings. The molecule has 2 aliphatic carbocycles. The number of aliphatic carboxylic acids is 1. The predicted octanol–water partition coefficient (Wildman–Crippen LogP) is 2.08. The summed E-state index contributed by atoms with van der Waals surface area (Å²) in [4.78, 5) is 30.3. The van der Waals surface area contributed by atoms with Gasteiger partial charge < -0.3 is 14.9 Å². The average molecular weight is 372 g/mol. The van der Waals surface area contributed by atoms with Crippen molar-refractivity contribution in [2.24, 2.45) is 0 Å². The van der Waals surface area contributed by atoms with Crippen LogP contribution in [0.4, 0.5) is 0 Å². The van der Waals surface area contributed by atoms with Gasteiger partial charge in [0.1, 0.15) is 0 Å². The van der Waals surface area contributed by atoms with E-state index in [0.29, 0.717) is 34.8 Å². The third-order valence-corrected chi connectivity index (χ3v) is 5.59. The molecule has 0 saturated heterocycles. The number of carbonyl (C=O) groups excluding carboxylic acids is 1. The quantitative estimate of drug-likeness (QED) is 0.766. The predicted molar refractivity (Wildman–Crippen MR) is 97.7 cm³/mol. The zero-order chi connectivity index (χ0) is 19.1. The molecular weight excluding hydrogens is 348 g/mol. The number of carboxylic acids is 1. The normalized spacial score (nSPS) is 22.0. The molecule has 2 fully saturated rings. The van der Waals surface area contributed by atoms with Crippen LogP contribution < -0.4 is 5.32 Å². The maximum Gasteiger partial charge on any atom is 0.317 e. The van der Waals surface area contributed by atoms with Gasteiger partial charge in [0.2, 0.25) is 0 Å². The van der Waals surface area contributed by atoms with Crippen LogP contribution in [0.1, 0.15) is 60.3 Å². The van der Waals surface area contributed by atoms with Gasteiger partial charge in [-0.05, 0) is 45.2 Å². The molecule has 0 spiro atoms. The largest absolute Gasteiger partial charge is 0.480 e. The second kappa shape index (κ2) is 6.92. The number of hydrogen-bond acceptors (Lipinski definition) is 6. The summed E-state index contributed by atoms with van der Waals surface area (Å²) in [6, 6.07) is 2.13. The SMILES string of the molecule is CCN(CC(=O)O)C1CC(NC(=O)c2cc(C3CC3)nc3onc(C)c23)C1. The molecule has 27 heavy (non-hydrogen) atoms. The number of nitrogens with zero attached hydrogens (tertiary/aromatic N) is 3. The molecule has 2 aromatic rings. The molecule has 144 valence electrons. The zero-order valence-electron chi connectivity index (χ0n) is 15.6. The summed E-state index contributed by atoms with van der Waals surface area (Å²) in [6.45, 7) is 4.49. The van der Waals surface area contributed by atoms with Crippen molar-refractivity contribution in [2.45, 2.75) is 57.5 Å². The van der Waals surface area contributed by atoms with E-state index in [1.807, 2.05) is 24.8 Å². The van der Waals surface area contributed by atoms with Crippen molar-refractivity contribution < 1.29 is 19.2 Å². The van der Waals surface area contributed by atoms with Crippen molar-refractivity contribution in [3.63, 3.8) is 0 Å². The van der Waals surface area contributed by atoms with Gasteiger partial charge in [0.15, 0.2) is 0 Å². The van der Waals surface area contributed by atoms with Gasteiger partial charge in [0.05, 0.1) is 23.2 Å². The van der Waals surface area contributed by atoms with Gasteiger partial charge in [-0.3, -0.25) is 14.5 Å². The van der Waals surface area contributed by atoms with Gasteiger partial charge in [-0.1, -0.05) is 12.1 Å². The lowest BCUT2D eigenvalue weighted by molar-refractivity contribution is -0.139. The van der Waals surface area contributed by atoms with E-state index in [0.717, 1.165) is 31.4 Å². The van der Waals surface area contributed by atoms with Crippen LogP contribution in [0.2, 0.25) is 0 Å². The Labute approximate surface area is 156 Å². The summed E-state index contributed by atoms with van der Waals surface area (Å²) in [5.74, 6) is -0.548. The number of rotatable bonds is 7. The second-order valence-corrected chi connectivity index (χ2v) is 7.57. The average Bonchev–Trinajstić information content (AvgIpc) is 3.39. The van der Waals surface area contributed by atoms with E-state index in [2.05, 4.69) is 15.5 Å². The molecule has 0 aromatic carbocycles. The first-order valence-electron chi connectivity index (χ1n) is 9.49. The first-order chi connectivity index (χ1) is 13.0. The van der Waals surface area contributed by atoms with E-state index in [9.17, 15) is 9.59 Å². The van der Waals surface area contributed by atoms with E-state index >= 15 is 0 Å². The molecule has 0 atom stereocenters. The highest BCUT2D eigenvalue weighted by Gasteiger charge is 2.35. The Balaban J connectivity index is 1.46. The van der Waals surface area contributed by atoms with Crippen LogP contribution in [0.15, 0.2) is 10.6 Å². The molecule has 1 amide bonds. The monoisotopic (exact) mass is 372 g/mol. The van der Waals surface area contributed by atoms with Gasteiger partial charge in [0.25, 0.3) is 11.6 Å². The molecule has 2 heterocycles. The Morgan fingerprint density at radius 2 is 2.11 bits per heavy atom. The number of pyridine rings is 1. The number of carboxylic acid groups (broad SMARTS) is 1. The van der Waals surface area contributed by atoms with Gasteiger partial charge in [-0.25, -0.2) is 4.98 Å². The number of amides is 1. The highest BCUT2D eigenvalue weighted by molar-refractivity contribution is 6.06. The highest BCUT2D eigenvalue weighted by atomic mass is 16.5. The van der Waals surface area contributed by atoms with Crippen molar-refractivity contribution in [3.05, 3.63) is 23.0 Å². The van der Waals surface area contributed by atoms with Gasteiger partial charge >= 0.3 is 5.97 Å². The van der Waals surface area contributed by atoms with Crippen LogP contribution in [0, 0.1) is 6.92 Å². The fraction of sp³-hybridized carbons (Fsp3) is 0.579. The third kappa shape index (κ3) is 3.53. The van der Waals surface area contributed by atoms with E-state index in [1.54, 1.807) is 0 Å². The van der Waals surface area contributed by atoms with Crippen molar-refractivity contribution in [3.8, 4) is 0 Å². The van der Waals surface area contributed by atoms with E-state index in [-0.39, 0.29) is 24.5 Å². The Morgan fingerprint density at radius 3 is 2.74 bits per heavy atom. The standard InChI is InChI=1S/C19H24N4O4/c1-3-23(9-16(24)25)13-6-12(7-13)20-18(26)14-8-15(11-4-5-11)21-19-17(14)10(2)22-27-19/h8,11-13H,3-7,9H2,1-2H3,(H,20,26)(H,24,25). The third-order valence-electron chi connectivity index (χ3n) is 5.59. The molecule has 0 radical (unpaired) electrons. The maximum atomic E-state index is 12.9. The first kappa shape index (κ1) is 17.9. The van der Waals surface area contributed by atoms with Crippen LogP contribution in [0.5, 0.6) is 0 Å².